The summed E-state index contributed by atoms with van der Waals surface area (Å²) in [6, 6.07) is 7.10. The highest BCUT2D eigenvalue weighted by molar-refractivity contribution is 5.83. The van der Waals surface area contributed by atoms with Crippen molar-refractivity contribution in [2.24, 2.45) is 11.8 Å². The van der Waals surface area contributed by atoms with Crippen LogP contribution in [0.4, 0.5) is 4.39 Å². The van der Waals surface area contributed by atoms with Crippen LogP contribution in [0, 0.1) is 17.7 Å². The zero-order valence-corrected chi connectivity index (χ0v) is 14.9. The second-order valence-corrected chi connectivity index (χ2v) is 7.63. The molecule has 0 bridgehead atoms. The Balaban J connectivity index is 1.39. The van der Waals surface area contributed by atoms with Crippen LogP contribution in [0.15, 0.2) is 24.3 Å². The lowest BCUT2D eigenvalue weighted by Gasteiger charge is -2.34. The number of ether oxygens (including phenoxy) is 1. The molecule has 0 spiro atoms. The van der Waals surface area contributed by atoms with Gasteiger partial charge in [0.2, 0.25) is 5.91 Å². The van der Waals surface area contributed by atoms with Gasteiger partial charge in [0.25, 0.3) is 0 Å². The summed E-state index contributed by atoms with van der Waals surface area (Å²) < 4.78 is 18.6. The maximum Gasteiger partial charge on any atom is 0.226 e. The van der Waals surface area contributed by atoms with Crippen LogP contribution >= 0.6 is 0 Å². The van der Waals surface area contributed by atoms with Crippen molar-refractivity contribution in [3.05, 3.63) is 35.6 Å². The smallest absolute Gasteiger partial charge is 0.226 e. The Morgan fingerprint density at radius 1 is 1.20 bits per heavy atom. The predicted octanol–water partition coefficient (Wildman–Crippen LogP) is 2.50. The normalized spacial score (nSPS) is 32.8. The van der Waals surface area contributed by atoms with Crippen molar-refractivity contribution in [2.45, 2.75) is 31.7 Å². The Morgan fingerprint density at radius 3 is 2.60 bits per heavy atom. The first kappa shape index (κ1) is 17.0. The molecule has 1 aromatic rings. The van der Waals surface area contributed by atoms with Gasteiger partial charge in [-0.25, -0.2) is 4.39 Å². The van der Waals surface area contributed by atoms with Crippen LogP contribution in [-0.4, -0.2) is 61.1 Å². The summed E-state index contributed by atoms with van der Waals surface area (Å²) in [6.07, 6.45) is 2.01. The van der Waals surface area contributed by atoms with Gasteiger partial charge in [0.05, 0.1) is 13.2 Å². The van der Waals surface area contributed by atoms with E-state index in [1.807, 2.05) is 12.1 Å². The molecule has 0 radical (unpaired) electrons. The van der Waals surface area contributed by atoms with Crippen molar-refractivity contribution in [1.82, 2.24) is 9.80 Å². The van der Waals surface area contributed by atoms with Gasteiger partial charge in [-0.3, -0.25) is 9.69 Å². The van der Waals surface area contributed by atoms with E-state index in [9.17, 15) is 9.18 Å². The summed E-state index contributed by atoms with van der Waals surface area (Å²) >= 11 is 0. The average molecular weight is 346 g/mol. The highest BCUT2D eigenvalue weighted by atomic mass is 19.1. The molecule has 5 heteroatoms. The van der Waals surface area contributed by atoms with E-state index in [-0.39, 0.29) is 17.7 Å². The third-order valence-electron chi connectivity index (χ3n) is 6.16. The molecule has 0 unspecified atom stereocenters. The summed E-state index contributed by atoms with van der Waals surface area (Å²) in [7, 11) is 0. The molecule has 136 valence electrons. The molecule has 25 heavy (non-hydrogen) atoms. The number of hydrogen-bond acceptors (Lipinski definition) is 3. The Morgan fingerprint density at radius 2 is 1.92 bits per heavy atom. The fourth-order valence-electron chi connectivity index (χ4n) is 4.54. The molecule has 2 heterocycles. The van der Waals surface area contributed by atoms with E-state index in [4.69, 9.17) is 4.74 Å². The lowest BCUT2D eigenvalue weighted by Crippen LogP contribution is -2.47. The molecule has 4 atom stereocenters. The molecule has 4 rings (SSSR count). The van der Waals surface area contributed by atoms with E-state index in [2.05, 4.69) is 16.7 Å². The second kappa shape index (κ2) is 7.04. The van der Waals surface area contributed by atoms with Crippen molar-refractivity contribution in [1.29, 1.82) is 0 Å². The maximum atomic E-state index is 13.1. The number of rotatable bonds is 4. The SMILES string of the molecule is CC[C@@H]1CN(C(=O)[C@@H]2C[C@H]2c2ccc(F)cc2)C[C@H]1N1CCOCC1. The molecule has 4 nitrogen and oxygen atoms in total. The average Bonchev–Trinajstić information content (AvgIpc) is 3.33. The number of halogens is 1. The summed E-state index contributed by atoms with van der Waals surface area (Å²) in [4.78, 5) is 17.6. The zero-order chi connectivity index (χ0) is 17.4. The highest BCUT2D eigenvalue weighted by Gasteiger charge is 2.48. The van der Waals surface area contributed by atoms with Gasteiger partial charge < -0.3 is 9.64 Å². The van der Waals surface area contributed by atoms with E-state index in [1.165, 1.54) is 12.1 Å². The molecule has 2 aliphatic heterocycles. The first-order valence-corrected chi connectivity index (χ1v) is 9.53. The molecule has 1 aromatic carbocycles. The minimum Gasteiger partial charge on any atom is -0.379 e. The van der Waals surface area contributed by atoms with Gasteiger partial charge in [0.1, 0.15) is 5.82 Å². The Labute approximate surface area is 148 Å². The third kappa shape index (κ3) is 3.44. The van der Waals surface area contributed by atoms with Crippen molar-refractivity contribution in [3.8, 4) is 0 Å². The second-order valence-electron chi connectivity index (χ2n) is 7.63. The van der Waals surface area contributed by atoms with Gasteiger partial charge in [-0.15, -0.1) is 0 Å². The van der Waals surface area contributed by atoms with Crippen molar-refractivity contribution in [2.75, 3.05) is 39.4 Å². The molecular formula is C20H27FN2O2. The number of morpholine rings is 1. The predicted molar refractivity (Wildman–Crippen MR) is 93.8 cm³/mol. The van der Waals surface area contributed by atoms with Crippen LogP contribution in [0.5, 0.6) is 0 Å². The summed E-state index contributed by atoms with van der Waals surface area (Å²) in [5.41, 5.74) is 1.09. The van der Waals surface area contributed by atoms with E-state index in [0.717, 1.165) is 57.8 Å². The number of benzene rings is 1. The fourth-order valence-corrected chi connectivity index (χ4v) is 4.54. The summed E-state index contributed by atoms with van der Waals surface area (Å²) in [5.74, 6) is 1.00. The standard InChI is InChI=1S/C20H27FN2O2/c1-2-14-12-23(13-19(14)22-7-9-25-10-8-22)20(24)18-11-17(18)15-3-5-16(21)6-4-15/h3-6,14,17-19H,2,7-13H2,1H3/t14-,17+,18-,19-/m1/s1. The van der Waals surface area contributed by atoms with Crippen LogP contribution in [0.2, 0.25) is 0 Å². The van der Waals surface area contributed by atoms with Crippen LogP contribution in [0.3, 0.4) is 0 Å². The number of nitrogens with zero attached hydrogens (tertiary/aromatic N) is 2. The van der Waals surface area contributed by atoms with E-state index < -0.39 is 0 Å². The number of carbonyl (C=O) groups excluding carboxylic acids is 1. The van der Waals surface area contributed by atoms with Crippen molar-refractivity contribution in [3.63, 3.8) is 0 Å². The van der Waals surface area contributed by atoms with E-state index in [1.54, 1.807) is 0 Å². The van der Waals surface area contributed by atoms with Gasteiger partial charge in [0.15, 0.2) is 0 Å². The van der Waals surface area contributed by atoms with E-state index >= 15 is 0 Å². The Kier molecular flexibility index (Phi) is 4.78. The number of hydrogen-bond donors (Lipinski definition) is 0. The number of likely N-dealkylation sites (tertiary alicyclic amines) is 1. The third-order valence-corrected chi connectivity index (χ3v) is 6.16. The monoisotopic (exact) mass is 346 g/mol. The molecule has 0 aromatic heterocycles. The maximum absolute atomic E-state index is 13.1. The van der Waals surface area contributed by atoms with Crippen molar-refractivity contribution >= 4 is 5.91 Å². The summed E-state index contributed by atoms with van der Waals surface area (Å²) in [6.45, 7) is 7.51. The van der Waals surface area contributed by atoms with Crippen molar-refractivity contribution < 1.29 is 13.9 Å². The van der Waals surface area contributed by atoms with E-state index in [0.29, 0.717) is 17.9 Å². The van der Waals surface area contributed by atoms with Crippen LogP contribution < -0.4 is 0 Å². The minimum atomic E-state index is -0.217. The Hall–Kier alpha value is -1.46. The first-order chi connectivity index (χ1) is 12.2. The Bertz CT molecular complexity index is 615. The molecule has 3 fully saturated rings. The van der Waals surface area contributed by atoms with Crippen LogP contribution in [0.25, 0.3) is 0 Å². The minimum absolute atomic E-state index is 0.0893. The molecular weight excluding hydrogens is 319 g/mol. The molecule has 2 saturated heterocycles. The first-order valence-electron chi connectivity index (χ1n) is 9.53. The fraction of sp³-hybridized carbons (Fsp3) is 0.650. The molecule has 1 saturated carbocycles. The van der Waals surface area contributed by atoms with Gasteiger partial charge in [0, 0.05) is 38.1 Å². The molecule has 3 aliphatic rings. The molecule has 1 amide bonds. The van der Waals surface area contributed by atoms with Gasteiger partial charge in [-0.1, -0.05) is 25.5 Å². The van der Waals surface area contributed by atoms with Gasteiger partial charge in [-0.05, 0) is 36.0 Å². The molecule has 0 N–H and O–H groups in total. The topological polar surface area (TPSA) is 32.8 Å². The largest absolute Gasteiger partial charge is 0.379 e. The van der Waals surface area contributed by atoms with Crippen LogP contribution in [0.1, 0.15) is 31.2 Å². The number of amides is 1. The number of carbonyl (C=O) groups is 1. The lowest BCUT2D eigenvalue weighted by atomic mass is 9.99. The van der Waals surface area contributed by atoms with Gasteiger partial charge >= 0.3 is 0 Å². The highest BCUT2D eigenvalue weighted by Crippen LogP contribution is 2.49. The quantitative estimate of drug-likeness (QED) is 0.840. The summed E-state index contributed by atoms with van der Waals surface area (Å²) in [5, 5.41) is 0. The lowest BCUT2D eigenvalue weighted by molar-refractivity contribution is -0.132. The van der Waals surface area contributed by atoms with Crippen LogP contribution in [-0.2, 0) is 9.53 Å². The molecule has 1 aliphatic carbocycles. The zero-order valence-electron chi connectivity index (χ0n) is 14.9. The van der Waals surface area contributed by atoms with Gasteiger partial charge in [-0.2, -0.15) is 0 Å².